The number of hydrogen-bond donors (Lipinski definition) is 1. The maximum atomic E-state index is 8.72. The van der Waals surface area contributed by atoms with Gasteiger partial charge in [-0.2, -0.15) is 5.26 Å². The highest BCUT2D eigenvalue weighted by Gasteiger charge is 2.08. The standard InChI is InChI=1S/C10H11IN2O2/c1-2-14-6-15-10-8(11)3-7(5-12)4-9(10)13/h3-4H,2,6,13H2,1H3. The van der Waals surface area contributed by atoms with Crippen molar-refractivity contribution in [2.75, 3.05) is 19.1 Å². The Labute approximate surface area is 102 Å². The number of benzene rings is 1. The smallest absolute Gasteiger partial charge is 0.189 e. The zero-order chi connectivity index (χ0) is 11.3. The van der Waals surface area contributed by atoms with Gasteiger partial charge >= 0.3 is 0 Å². The highest BCUT2D eigenvalue weighted by molar-refractivity contribution is 14.1. The first-order chi connectivity index (χ1) is 7.19. The van der Waals surface area contributed by atoms with Gasteiger partial charge in [-0.1, -0.05) is 0 Å². The third-order valence-corrected chi connectivity index (χ3v) is 2.49. The third kappa shape index (κ3) is 3.25. The molecular weight excluding hydrogens is 307 g/mol. The van der Waals surface area contributed by atoms with E-state index in [-0.39, 0.29) is 6.79 Å². The molecule has 0 spiro atoms. The van der Waals surface area contributed by atoms with Crippen molar-refractivity contribution in [3.63, 3.8) is 0 Å². The second-order valence-corrected chi connectivity index (χ2v) is 3.91. The van der Waals surface area contributed by atoms with Gasteiger partial charge in [0.25, 0.3) is 0 Å². The molecule has 0 aliphatic rings. The van der Waals surface area contributed by atoms with Crippen LogP contribution in [-0.4, -0.2) is 13.4 Å². The number of hydrogen-bond acceptors (Lipinski definition) is 4. The highest BCUT2D eigenvalue weighted by atomic mass is 127. The third-order valence-electron chi connectivity index (χ3n) is 1.69. The Morgan fingerprint density at radius 2 is 2.27 bits per heavy atom. The predicted molar refractivity (Wildman–Crippen MR) is 65.4 cm³/mol. The maximum absolute atomic E-state index is 8.72. The first-order valence-corrected chi connectivity index (χ1v) is 5.46. The number of halogens is 1. The van der Waals surface area contributed by atoms with Gasteiger partial charge in [0.1, 0.15) is 0 Å². The largest absolute Gasteiger partial charge is 0.464 e. The van der Waals surface area contributed by atoms with Crippen LogP contribution in [0.3, 0.4) is 0 Å². The minimum absolute atomic E-state index is 0.169. The molecule has 0 radical (unpaired) electrons. The van der Waals surface area contributed by atoms with Crippen molar-refractivity contribution in [1.29, 1.82) is 5.26 Å². The van der Waals surface area contributed by atoms with Crippen LogP contribution in [0.2, 0.25) is 0 Å². The molecule has 4 nitrogen and oxygen atoms in total. The summed E-state index contributed by atoms with van der Waals surface area (Å²) in [5.74, 6) is 0.572. The molecule has 5 heteroatoms. The van der Waals surface area contributed by atoms with Crippen molar-refractivity contribution in [2.45, 2.75) is 6.92 Å². The van der Waals surface area contributed by atoms with Crippen LogP contribution in [0, 0.1) is 14.9 Å². The van der Waals surface area contributed by atoms with Gasteiger partial charge in [-0.05, 0) is 41.6 Å². The fourth-order valence-corrected chi connectivity index (χ4v) is 1.82. The lowest BCUT2D eigenvalue weighted by Crippen LogP contribution is -2.05. The van der Waals surface area contributed by atoms with Gasteiger partial charge < -0.3 is 15.2 Å². The van der Waals surface area contributed by atoms with Crippen molar-refractivity contribution in [3.05, 3.63) is 21.3 Å². The summed E-state index contributed by atoms with van der Waals surface area (Å²) in [5, 5.41) is 8.72. The Hall–Kier alpha value is -1.00. The lowest BCUT2D eigenvalue weighted by Gasteiger charge is -2.10. The van der Waals surface area contributed by atoms with Gasteiger partial charge in [-0.25, -0.2) is 0 Å². The Bertz CT molecular complexity index is 364. The van der Waals surface area contributed by atoms with Gasteiger partial charge in [0.05, 0.1) is 20.9 Å². The summed E-state index contributed by atoms with van der Waals surface area (Å²) in [7, 11) is 0. The van der Waals surface area contributed by atoms with Crippen LogP contribution in [-0.2, 0) is 4.74 Å². The van der Waals surface area contributed by atoms with E-state index in [2.05, 4.69) is 22.6 Å². The van der Waals surface area contributed by atoms with E-state index in [0.29, 0.717) is 23.6 Å². The molecular formula is C10H11IN2O2. The summed E-state index contributed by atoms with van der Waals surface area (Å²) >= 11 is 2.08. The minimum atomic E-state index is 0.169. The van der Waals surface area contributed by atoms with Gasteiger partial charge in [0.2, 0.25) is 0 Å². The number of ether oxygens (including phenoxy) is 2. The molecule has 0 aliphatic carbocycles. The fraction of sp³-hybridized carbons (Fsp3) is 0.300. The Balaban J connectivity index is 2.85. The van der Waals surface area contributed by atoms with Crippen LogP contribution in [0.15, 0.2) is 12.1 Å². The fourth-order valence-electron chi connectivity index (χ4n) is 1.02. The number of nitriles is 1. The summed E-state index contributed by atoms with van der Waals surface area (Å²) in [5.41, 5.74) is 6.73. The van der Waals surface area contributed by atoms with Crippen LogP contribution >= 0.6 is 22.6 Å². The molecule has 0 heterocycles. The zero-order valence-electron chi connectivity index (χ0n) is 8.29. The number of anilines is 1. The van der Waals surface area contributed by atoms with Crippen LogP contribution in [0.5, 0.6) is 5.75 Å². The van der Waals surface area contributed by atoms with Crippen LogP contribution < -0.4 is 10.5 Å². The van der Waals surface area contributed by atoms with Crippen molar-refractivity contribution >= 4 is 28.3 Å². The summed E-state index contributed by atoms with van der Waals surface area (Å²) in [6.07, 6.45) is 0. The molecule has 0 aromatic heterocycles. The van der Waals surface area contributed by atoms with Crippen LogP contribution in [0.25, 0.3) is 0 Å². The molecule has 0 amide bonds. The monoisotopic (exact) mass is 318 g/mol. The SMILES string of the molecule is CCOCOc1c(N)cc(C#N)cc1I. The molecule has 2 N–H and O–H groups in total. The van der Waals surface area contributed by atoms with E-state index in [1.165, 1.54) is 0 Å². The molecule has 1 aromatic carbocycles. The molecule has 80 valence electrons. The van der Waals surface area contributed by atoms with Crippen molar-refractivity contribution < 1.29 is 9.47 Å². The molecule has 1 rings (SSSR count). The predicted octanol–water partition coefficient (Wildman–Crippen LogP) is 2.12. The molecule has 0 atom stereocenters. The lowest BCUT2D eigenvalue weighted by molar-refractivity contribution is 0.0223. The van der Waals surface area contributed by atoms with Crippen molar-refractivity contribution in [2.24, 2.45) is 0 Å². The van der Waals surface area contributed by atoms with Crippen LogP contribution in [0.1, 0.15) is 12.5 Å². The summed E-state index contributed by atoms with van der Waals surface area (Å²) in [6, 6.07) is 5.34. The van der Waals surface area contributed by atoms with E-state index in [4.69, 9.17) is 20.5 Å². The average molecular weight is 318 g/mol. The molecule has 0 bridgehead atoms. The second kappa shape index (κ2) is 5.78. The number of rotatable bonds is 4. The Morgan fingerprint density at radius 3 is 2.80 bits per heavy atom. The Morgan fingerprint density at radius 1 is 1.53 bits per heavy atom. The van der Waals surface area contributed by atoms with Crippen molar-refractivity contribution in [1.82, 2.24) is 0 Å². The first-order valence-electron chi connectivity index (χ1n) is 4.38. The van der Waals surface area contributed by atoms with Gasteiger partial charge in [0, 0.05) is 6.61 Å². The molecule has 0 aliphatic heterocycles. The van der Waals surface area contributed by atoms with Crippen molar-refractivity contribution in [3.8, 4) is 11.8 Å². The van der Waals surface area contributed by atoms with E-state index in [0.717, 1.165) is 3.57 Å². The normalized spacial score (nSPS) is 9.67. The number of nitrogens with zero attached hydrogens (tertiary/aromatic N) is 1. The van der Waals surface area contributed by atoms with Crippen LogP contribution in [0.4, 0.5) is 5.69 Å². The summed E-state index contributed by atoms with van der Waals surface area (Å²) < 4.78 is 11.2. The Kier molecular flexibility index (Phi) is 4.65. The van der Waals surface area contributed by atoms with Gasteiger partial charge in [-0.15, -0.1) is 0 Å². The molecule has 0 saturated heterocycles. The minimum Gasteiger partial charge on any atom is -0.464 e. The molecule has 15 heavy (non-hydrogen) atoms. The molecule has 0 fully saturated rings. The van der Waals surface area contributed by atoms with E-state index >= 15 is 0 Å². The molecule has 0 unspecified atom stereocenters. The average Bonchev–Trinajstić information content (AvgIpc) is 2.22. The van der Waals surface area contributed by atoms with E-state index < -0.39 is 0 Å². The molecule has 0 saturated carbocycles. The quantitative estimate of drug-likeness (QED) is 0.400. The first kappa shape index (κ1) is 12.1. The zero-order valence-corrected chi connectivity index (χ0v) is 10.4. The maximum Gasteiger partial charge on any atom is 0.189 e. The number of nitrogen functional groups attached to an aromatic ring is 1. The van der Waals surface area contributed by atoms with Gasteiger partial charge in [0.15, 0.2) is 12.5 Å². The van der Waals surface area contributed by atoms with Gasteiger partial charge in [-0.3, -0.25) is 0 Å². The van der Waals surface area contributed by atoms with E-state index in [1.807, 2.05) is 13.0 Å². The topological polar surface area (TPSA) is 68.3 Å². The highest BCUT2D eigenvalue weighted by Crippen LogP contribution is 2.29. The second-order valence-electron chi connectivity index (χ2n) is 2.74. The van der Waals surface area contributed by atoms with E-state index in [9.17, 15) is 0 Å². The van der Waals surface area contributed by atoms with E-state index in [1.54, 1.807) is 12.1 Å². The lowest BCUT2D eigenvalue weighted by atomic mass is 10.2. The number of nitrogens with two attached hydrogens (primary N) is 1. The molecule has 1 aromatic rings. The summed E-state index contributed by atoms with van der Waals surface area (Å²) in [6.45, 7) is 2.64. The summed E-state index contributed by atoms with van der Waals surface area (Å²) in [4.78, 5) is 0.